The Kier molecular flexibility index (Phi) is 7.80. The third kappa shape index (κ3) is 6.47. The van der Waals surface area contributed by atoms with E-state index in [9.17, 15) is 18.4 Å². The molecule has 4 aromatic rings. The van der Waals surface area contributed by atoms with E-state index in [4.69, 9.17) is 11.6 Å². The normalized spacial score (nSPS) is 11.5. The maximum Gasteiger partial charge on any atom is 0.255 e. The third-order valence-corrected chi connectivity index (χ3v) is 6.52. The number of benzene rings is 4. The summed E-state index contributed by atoms with van der Waals surface area (Å²) >= 11 is 7.15. The van der Waals surface area contributed by atoms with Gasteiger partial charge in [0.2, 0.25) is 5.91 Å². The van der Waals surface area contributed by atoms with E-state index in [0.717, 1.165) is 10.5 Å². The molecular weight excluding hydrogens is 490 g/mol. The Balaban J connectivity index is 1.54. The Hall–Kier alpha value is -3.68. The molecule has 176 valence electrons. The van der Waals surface area contributed by atoms with Gasteiger partial charge in [-0.2, -0.15) is 0 Å². The molecule has 4 rings (SSSR count). The summed E-state index contributed by atoms with van der Waals surface area (Å²) in [6, 6.07) is 25.5. The van der Waals surface area contributed by atoms with Crippen LogP contribution in [-0.4, -0.2) is 11.8 Å². The van der Waals surface area contributed by atoms with Crippen molar-refractivity contribution in [2.75, 3.05) is 10.6 Å². The van der Waals surface area contributed by atoms with Gasteiger partial charge in [0.15, 0.2) is 0 Å². The van der Waals surface area contributed by atoms with Gasteiger partial charge < -0.3 is 10.6 Å². The number of rotatable bonds is 7. The number of carbonyl (C=O) groups is 2. The highest BCUT2D eigenvalue weighted by molar-refractivity contribution is 8.00. The summed E-state index contributed by atoms with van der Waals surface area (Å²) in [6.45, 7) is 0. The molecule has 0 radical (unpaired) electrons. The molecular formula is C27H19ClF2N2O2S. The lowest BCUT2D eigenvalue weighted by Gasteiger charge is -2.18. The first-order valence-corrected chi connectivity index (χ1v) is 11.8. The number of hydrogen-bond donors (Lipinski definition) is 2. The molecule has 0 saturated carbocycles. The number of nitrogens with one attached hydrogen (secondary N) is 2. The topological polar surface area (TPSA) is 58.2 Å². The van der Waals surface area contributed by atoms with Crippen LogP contribution in [0.15, 0.2) is 102 Å². The lowest BCUT2D eigenvalue weighted by molar-refractivity contribution is -0.115. The van der Waals surface area contributed by atoms with Crippen molar-refractivity contribution in [1.82, 2.24) is 0 Å². The summed E-state index contributed by atoms with van der Waals surface area (Å²) in [5.74, 6) is -1.69. The van der Waals surface area contributed by atoms with Gasteiger partial charge in [-0.1, -0.05) is 48.0 Å². The highest BCUT2D eigenvalue weighted by Gasteiger charge is 2.23. The van der Waals surface area contributed by atoms with Crippen LogP contribution >= 0.6 is 23.4 Å². The van der Waals surface area contributed by atoms with Crippen LogP contribution in [0.25, 0.3) is 0 Å². The first kappa shape index (κ1) is 24.4. The van der Waals surface area contributed by atoms with E-state index in [1.54, 1.807) is 18.2 Å². The standard InChI is InChI=1S/C27H19ClF2N2O2S/c28-23-16-21(13-14-24(23)30)32-27(34)25(17-5-2-1-3-6-17)35-22-8-4-7-20(15-22)31-26(33)18-9-11-19(29)12-10-18/h1-16,25H,(H,31,33)(H,32,34). The fourth-order valence-corrected chi connectivity index (χ4v) is 4.53. The lowest BCUT2D eigenvalue weighted by Crippen LogP contribution is -2.19. The average molecular weight is 509 g/mol. The maximum absolute atomic E-state index is 13.5. The molecule has 0 saturated heterocycles. The van der Waals surface area contributed by atoms with Crippen molar-refractivity contribution in [3.05, 3.63) is 125 Å². The second kappa shape index (κ2) is 11.2. The molecule has 2 amide bonds. The molecule has 0 fully saturated rings. The zero-order valence-corrected chi connectivity index (χ0v) is 19.7. The Morgan fingerprint density at radius 2 is 1.49 bits per heavy atom. The first-order valence-electron chi connectivity index (χ1n) is 10.5. The van der Waals surface area contributed by atoms with E-state index in [-0.39, 0.29) is 16.8 Å². The predicted molar refractivity (Wildman–Crippen MR) is 136 cm³/mol. The smallest absolute Gasteiger partial charge is 0.255 e. The zero-order chi connectivity index (χ0) is 24.8. The van der Waals surface area contributed by atoms with E-state index < -0.39 is 16.9 Å². The van der Waals surface area contributed by atoms with Crippen molar-refractivity contribution in [3.8, 4) is 0 Å². The van der Waals surface area contributed by atoms with Gasteiger partial charge in [-0.3, -0.25) is 9.59 Å². The van der Waals surface area contributed by atoms with Crippen LogP contribution in [0.4, 0.5) is 20.2 Å². The number of amides is 2. The van der Waals surface area contributed by atoms with Gasteiger partial charge in [-0.15, -0.1) is 11.8 Å². The third-order valence-electron chi connectivity index (χ3n) is 4.98. The zero-order valence-electron chi connectivity index (χ0n) is 18.2. The molecule has 1 unspecified atom stereocenters. The van der Waals surface area contributed by atoms with Crippen LogP contribution in [0.1, 0.15) is 21.2 Å². The SMILES string of the molecule is O=C(Nc1cccc(SC(C(=O)Nc2ccc(F)c(Cl)c2)c2ccccc2)c1)c1ccc(F)cc1. The number of thioether (sulfide) groups is 1. The van der Waals surface area contributed by atoms with E-state index in [1.807, 2.05) is 36.4 Å². The van der Waals surface area contributed by atoms with Crippen molar-refractivity contribution in [2.24, 2.45) is 0 Å². The highest BCUT2D eigenvalue weighted by Crippen LogP contribution is 2.37. The second-order valence-corrected chi connectivity index (χ2v) is 9.10. The fraction of sp³-hybridized carbons (Fsp3) is 0.0370. The molecule has 4 aromatic carbocycles. The fourth-order valence-electron chi connectivity index (χ4n) is 3.27. The molecule has 0 spiro atoms. The van der Waals surface area contributed by atoms with Crippen LogP contribution in [0.2, 0.25) is 5.02 Å². The minimum Gasteiger partial charge on any atom is -0.325 e. The lowest BCUT2D eigenvalue weighted by atomic mass is 10.1. The van der Waals surface area contributed by atoms with Crippen LogP contribution < -0.4 is 10.6 Å². The van der Waals surface area contributed by atoms with Crippen LogP contribution in [0.3, 0.4) is 0 Å². The van der Waals surface area contributed by atoms with Crippen LogP contribution in [0.5, 0.6) is 0 Å². The van der Waals surface area contributed by atoms with Crippen molar-refractivity contribution >= 4 is 46.6 Å². The maximum atomic E-state index is 13.5. The van der Waals surface area contributed by atoms with Crippen molar-refractivity contribution in [2.45, 2.75) is 10.1 Å². The summed E-state index contributed by atoms with van der Waals surface area (Å²) in [6.07, 6.45) is 0. The number of halogens is 3. The van der Waals surface area contributed by atoms with Gasteiger partial charge >= 0.3 is 0 Å². The molecule has 2 N–H and O–H groups in total. The molecule has 4 nitrogen and oxygen atoms in total. The highest BCUT2D eigenvalue weighted by atomic mass is 35.5. The van der Waals surface area contributed by atoms with Crippen LogP contribution in [-0.2, 0) is 4.79 Å². The Morgan fingerprint density at radius 3 is 2.20 bits per heavy atom. The van der Waals surface area contributed by atoms with Gasteiger partial charge in [-0.05, 0) is 66.2 Å². The minimum atomic E-state index is -0.636. The summed E-state index contributed by atoms with van der Waals surface area (Å²) in [4.78, 5) is 26.5. The molecule has 0 aliphatic rings. The summed E-state index contributed by atoms with van der Waals surface area (Å²) in [7, 11) is 0. The van der Waals surface area contributed by atoms with Crippen molar-refractivity contribution in [1.29, 1.82) is 0 Å². The molecule has 0 aliphatic heterocycles. The summed E-state index contributed by atoms with van der Waals surface area (Å²) < 4.78 is 26.6. The molecule has 35 heavy (non-hydrogen) atoms. The Morgan fingerprint density at radius 1 is 0.771 bits per heavy atom. The molecule has 0 bridgehead atoms. The quantitative estimate of drug-likeness (QED) is 0.257. The van der Waals surface area contributed by atoms with Gasteiger partial charge in [0.05, 0.1) is 5.02 Å². The monoisotopic (exact) mass is 508 g/mol. The number of hydrogen-bond acceptors (Lipinski definition) is 3. The summed E-state index contributed by atoms with van der Waals surface area (Å²) in [5.41, 5.74) is 2.00. The molecule has 8 heteroatoms. The van der Waals surface area contributed by atoms with E-state index in [2.05, 4.69) is 10.6 Å². The second-order valence-electron chi connectivity index (χ2n) is 7.52. The predicted octanol–water partition coefficient (Wildman–Crippen LogP) is 7.34. The van der Waals surface area contributed by atoms with E-state index in [1.165, 1.54) is 54.2 Å². The minimum absolute atomic E-state index is 0.0867. The van der Waals surface area contributed by atoms with Gasteiger partial charge in [-0.25, -0.2) is 8.78 Å². The Labute approximate surface area is 210 Å². The Bertz CT molecular complexity index is 1350. The van der Waals surface area contributed by atoms with E-state index >= 15 is 0 Å². The average Bonchev–Trinajstić information content (AvgIpc) is 2.86. The molecule has 0 aliphatic carbocycles. The van der Waals surface area contributed by atoms with Crippen molar-refractivity contribution in [3.63, 3.8) is 0 Å². The van der Waals surface area contributed by atoms with Gasteiger partial charge in [0.25, 0.3) is 5.91 Å². The van der Waals surface area contributed by atoms with Gasteiger partial charge in [0, 0.05) is 21.8 Å². The largest absolute Gasteiger partial charge is 0.325 e. The molecule has 0 aromatic heterocycles. The molecule has 0 heterocycles. The first-order chi connectivity index (χ1) is 16.9. The number of carbonyl (C=O) groups excluding carboxylic acids is 2. The summed E-state index contributed by atoms with van der Waals surface area (Å²) in [5, 5.41) is 4.85. The van der Waals surface area contributed by atoms with Gasteiger partial charge in [0.1, 0.15) is 16.9 Å². The number of anilines is 2. The molecule has 1 atom stereocenters. The van der Waals surface area contributed by atoms with Crippen molar-refractivity contribution < 1.29 is 18.4 Å². The van der Waals surface area contributed by atoms with E-state index in [0.29, 0.717) is 16.9 Å². The van der Waals surface area contributed by atoms with Crippen LogP contribution in [0, 0.1) is 11.6 Å².